The Morgan fingerprint density at radius 3 is 2.94 bits per heavy atom. The third-order valence-electron chi connectivity index (χ3n) is 3.13. The molecule has 0 spiro atoms. The largest absolute Gasteiger partial charge is 0.508 e. The Kier molecular flexibility index (Phi) is 2.48. The first-order valence-electron chi connectivity index (χ1n) is 5.79. The molecule has 1 amide bonds. The van der Waals surface area contributed by atoms with Crippen LogP contribution in [0.1, 0.15) is 15.9 Å². The first kappa shape index (κ1) is 10.8. The molecule has 0 saturated carbocycles. The van der Waals surface area contributed by atoms with E-state index >= 15 is 0 Å². The number of amides is 1. The summed E-state index contributed by atoms with van der Waals surface area (Å²) in [6, 6.07) is 8.57. The molecule has 2 aromatic rings. The Bertz CT molecular complexity index is 596. The fraction of sp³-hybridized carbons (Fsp3) is 0.143. The highest BCUT2D eigenvalue weighted by Crippen LogP contribution is 2.26. The standard InChI is InChI=1S/C14H12N2O2/c17-12-3-4-13-10(8-12)5-7-16(14(13)18)11-2-1-6-15-9-11/h1-4,6,8-9,17H,5,7H2. The average Bonchev–Trinajstić information content (AvgIpc) is 2.40. The second kappa shape index (κ2) is 4.14. The van der Waals surface area contributed by atoms with E-state index in [1.54, 1.807) is 35.5 Å². The van der Waals surface area contributed by atoms with Crippen LogP contribution >= 0.6 is 0 Å². The van der Waals surface area contributed by atoms with Gasteiger partial charge in [-0.1, -0.05) is 0 Å². The van der Waals surface area contributed by atoms with Gasteiger partial charge in [0, 0.05) is 18.3 Å². The number of nitrogens with zero attached hydrogens (tertiary/aromatic N) is 2. The third-order valence-corrected chi connectivity index (χ3v) is 3.13. The number of anilines is 1. The van der Waals surface area contributed by atoms with Gasteiger partial charge in [-0.25, -0.2) is 0 Å². The third kappa shape index (κ3) is 1.72. The van der Waals surface area contributed by atoms with Crippen molar-refractivity contribution >= 4 is 11.6 Å². The average molecular weight is 240 g/mol. The minimum Gasteiger partial charge on any atom is -0.508 e. The minimum absolute atomic E-state index is 0.0377. The minimum atomic E-state index is -0.0377. The second-order valence-electron chi connectivity index (χ2n) is 4.26. The lowest BCUT2D eigenvalue weighted by Crippen LogP contribution is -2.37. The molecular formula is C14H12N2O2. The van der Waals surface area contributed by atoms with Crippen LogP contribution in [-0.4, -0.2) is 22.5 Å². The van der Waals surface area contributed by atoms with Crippen molar-refractivity contribution in [2.45, 2.75) is 6.42 Å². The molecule has 0 radical (unpaired) electrons. The zero-order valence-corrected chi connectivity index (χ0v) is 9.71. The summed E-state index contributed by atoms with van der Waals surface area (Å²) in [5.74, 6) is 0.167. The lowest BCUT2D eigenvalue weighted by molar-refractivity contribution is 0.0980. The fourth-order valence-electron chi connectivity index (χ4n) is 2.23. The summed E-state index contributed by atoms with van der Waals surface area (Å²) in [4.78, 5) is 18.1. The molecule has 0 atom stereocenters. The number of carbonyl (C=O) groups is 1. The fourth-order valence-corrected chi connectivity index (χ4v) is 2.23. The zero-order valence-electron chi connectivity index (χ0n) is 9.71. The predicted octanol–water partition coefficient (Wildman–Crippen LogP) is 1.99. The lowest BCUT2D eigenvalue weighted by Gasteiger charge is -2.28. The van der Waals surface area contributed by atoms with Crippen LogP contribution in [-0.2, 0) is 6.42 Å². The molecule has 18 heavy (non-hydrogen) atoms. The highest BCUT2D eigenvalue weighted by molar-refractivity contribution is 6.08. The monoisotopic (exact) mass is 240 g/mol. The van der Waals surface area contributed by atoms with E-state index in [1.165, 1.54) is 0 Å². The summed E-state index contributed by atoms with van der Waals surface area (Å²) >= 11 is 0. The van der Waals surface area contributed by atoms with E-state index < -0.39 is 0 Å². The van der Waals surface area contributed by atoms with Crippen LogP contribution in [0.25, 0.3) is 0 Å². The highest BCUT2D eigenvalue weighted by Gasteiger charge is 2.25. The summed E-state index contributed by atoms with van der Waals surface area (Å²) in [6.07, 6.45) is 4.11. The van der Waals surface area contributed by atoms with Gasteiger partial charge in [0.25, 0.3) is 5.91 Å². The van der Waals surface area contributed by atoms with Crippen molar-refractivity contribution in [1.29, 1.82) is 0 Å². The molecule has 1 aliphatic heterocycles. The molecule has 2 heterocycles. The molecule has 1 aliphatic rings. The Morgan fingerprint density at radius 1 is 1.28 bits per heavy atom. The summed E-state index contributed by atoms with van der Waals surface area (Å²) in [5, 5.41) is 9.42. The molecular weight excluding hydrogens is 228 g/mol. The van der Waals surface area contributed by atoms with E-state index in [0.29, 0.717) is 12.1 Å². The molecule has 0 bridgehead atoms. The predicted molar refractivity (Wildman–Crippen MR) is 67.7 cm³/mol. The van der Waals surface area contributed by atoms with Gasteiger partial charge in [0.05, 0.1) is 11.9 Å². The van der Waals surface area contributed by atoms with E-state index in [0.717, 1.165) is 17.7 Å². The Labute approximate surface area is 105 Å². The summed E-state index contributed by atoms with van der Waals surface area (Å²) < 4.78 is 0. The van der Waals surface area contributed by atoms with Crippen LogP contribution < -0.4 is 4.90 Å². The summed E-state index contributed by atoms with van der Waals surface area (Å²) in [6.45, 7) is 0.612. The van der Waals surface area contributed by atoms with Crippen molar-refractivity contribution in [3.8, 4) is 5.75 Å². The molecule has 0 fully saturated rings. The zero-order chi connectivity index (χ0) is 12.5. The molecule has 90 valence electrons. The van der Waals surface area contributed by atoms with Crippen molar-refractivity contribution in [3.63, 3.8) is 0 Å². The van der Waals surface area contributed by atoms with E-state index in [-0.39, 0.29) is 11.7 Å². The number of phenolic OH excluding ortho intramolecular Hbond substituents is 1. The molecule has 1 aromatic carbocycles. The Balaban J connectivity index is 2.00. The number of rotatable bonds is 1. The number of aromatic nitrogens is 1. The smallest absolute Gasteiger partial charge is 0.258 e. The van der Waals surface area contributed by atoms with Gasteiger partial charge >= 0.3 is 0 Å². The van der Waals surface area contributed by atoms with E-state index in [1.807, 2.05) is 12.1 Å². The van der Waals surface area contributed by atoms with Crippen molar-refractivity contribution < 1.29 is 9.90 Å². The molecule has 0 aliphatic carbocycles. The van der Waals surface area contributed by atoms with E-state index in [2.05, 4.69) is 4.98 Å². The van der Waals surface area contributed by atoms with Gasteiger partial charge in [0.2, 0.25) is 0 Å². The van der Waals surface area contributed by atoms with Crippen molar-refractivity contribution in [2.24, 2.45) is 0 Å². The molecule has 1 N–H and O–H groups in total. The number of benzene rings is 1. The van der Waals surface area contributed by atoms with Gasteiger partial charge in [-0.15, -0.1) is 0 Å². The number of pyridine rings is 1. The van der Waals surface area contributed by atoms with Gasteiger partial charge in [0.15, 0.2) is 0 Å². The number of aromatic hydroxyl groups is 1. The first-order valence-corrected chi connectivity index (χ1v) is 5.79. The molecule has 0 saturated heterocycles. The van der Waals surface area contributed by atoms with Crippen LogP contribution in [0.4, 0.5) is 5.69 Å². The number of phenols is 1. The van der Waals surface area contributed by atoms with Crippen LogP contribution in [0, 0.1) is 0 Å². The van der Waals surface area contributed by atoms with Gasteiger partial charge < -0.3 is 10.0 Å². The van der Waals surface area contributed by atoms with Crippen molar-refractivity contribution in [3.05, 3.63) is 53.9 Å². The van der Waals surface area contributed by atoms with E-state index in [9.17, 15) is 9.90 Å². The van der Waals surface area contributed by atoms with E-state index in [4.69, 9.17) is 0 Å². The topological polar surface area (TPSA) is 53.4 Å². The molecule has 0 unspecified atom stereocenters. The number of hydrogen-bond acceptors (Lipinski definition) is 3. The Hall–Kier alpha value is -2.36. The van der Waals surface area contributed by atoms with Crippen LogP contribution in [0.15, 0.2) is 42.7 Å². The lowest BCUT2D eigenvalue weighted by atomic mass is 9.98. The summed E-state index contributed by atoms with van der Waals surface area (Å²) in [7, 11) is 0. The highest BCUT2D eigenvalue weighted by atomic mass is 16.3. The SMILES string of the molecule is O=C1c2ccc(O)cc2CCN1c1cccnc1. The van der Waals surface area contributed by atoms with Gasteiger partial charge in [-0.05, 0) is 42.3 Å². The molecule has 1 aromatic heterocycles. The molecule has 4 nitrogen and oxygen atoms in total. The van der Waals surface area contributed by atoms with Gasteiger partial charge in [-0.3, -0.25) is 9.78 Å². The number of hydrogen-bond donors (Lipinski definition) is 1. The normalized spacial score (nSPS) is 14.4. The number of carbonyl (C=O) groups excluding carboxylic acids is 1. The van der Waals surface area contributed by atoms with Crippen LogP contribution in [0.2, 0.25) is 0 Å². The molecule has 3 rings (SSSR count). The van der Waals surface area contributed by atoms with Crippen LogP contribution in [0.5, 0.6) is 5.75 Å². The van der Waals surface area contributed by atoms with Gasteiger partial charge in [0.1, 0.15) is 5.75 Å². The molecule has 4 heteroatoms. The number of fused-ring (bicyclic) bond motifs is 1. The maximum atomic E-state index is 12.3. The first-order chi connectivity index (χ1) is 8.75. The van der Waals surface area contributed by atoms with Gasteiger partial charge in [-0.2, -0.15) is 0 Å². The summed E-state index contributed by atoms with van der Waals surface area (Å²) in [5.41, 5.74) is 2.37. The quantitative estimate of drug-likeness (QED) is 0.829. The maximum absolute atomic E-state index is 12.3. The maximum Gasteiger partial charge on any atom is 0.258 e. The van der Waals surface area contributed by atoms with Crippen molar-refractivity contribution in [1.82, 2.24) is 4.98 Å². The second-order valence-corrected chi connectivity index (χ2v) is 4.26. The van der Waals surface area contributed by atoms with Crippen LogP contribution in [0.3, 0.4) is 0 Å². The Morgan fingerprint density at radius 2 is 2.17 bits per heavy atom. The van der Waals surface area contributed by atoms with Crippen molar-refractivity contribution in [2.75, 3.05) is 11.4 Å².